The number of benzene rings is 1. The van der Waals surface area contributed by atoms with Crippen molar-refractivity contribution in [3.8, 4) is 11.6 Å². The summed E-state index contributed by atoms with van der Waals surface area (Å²) in [5.41, 5.74) is 5.99. The Labute approximate surface area is 148 Å². The van der Waals surface area contributed by atoms with E-state index >= 15 is 0 Å². The molecule has 0 fully saturated rings. The predicted molar refractivity (Wildman–Crippen MR) is 98.7 cm³/mol. The summed E-state index contributed by atoms with van der Waals surface area (Å²) in [5, 5.41) is 7.71. The maximum Gasteiger partial charge on any atom is 0.219 e. The second-order valence-electron chi connectivity index (χ2n) is 6.33. The summed E-state index contributed by atoms with van der Waals surface area (Å²) in [6, 6.07) is 10.0. The molecular weight excluding hydrogens is 312 g/mol. The minimum Gasteiger partial charge on any atom is -0.439 e. The predicted octanol–water partition coefficient (Wildman–Crippen LogP) is 3.82. The Kier molecular flexibility index (Phi) is 5.14. The molecule has 0 amide bonds. The minimum absolute atomic E-state index is 0.611. The third-order valence-corrected chi connectivity index (χ3v) is 4.48. The standard InChI is InChI=1S/C20H24N4O/c1-14-5-6-19(9-15(14)2)25-20-10-17(7-8-22-20)11-21-12-18-13-23-24(4)16(18)3/h5-10,13,21H,11-12H2,1-4H3. The van der Waals surface area contributed by atoms with E-state index in [0.717, 1.165) is 24.4 Å². The number of ether oxygens (including phenoxy) is 1. The number of rotatable bonds is 6. The van der Waals surface area contributed by atoms with Crippen LogP contribution < -0.4 is 10.1 Å². The molecule has 25 heavy (non-hydrogen) atoms. The monoisotopic (exact) mass is 336 g/mol. The van der Waals surface area contributed by atoms with Crippen molar-refractivity contribution >= 4 is 0 Å². The molecule has 0 aliphatic rings. The molecule has 1 aromatic carbocycles. The zero-order valence-corrected chi connectivity index (χ0v) is 15.2. The largest absolute Gasteiger partial charge is 0.439 e. The fourth-order valence-electron chi connectivity index (χ4n) is 2.57. The lowest BCUT2D eigenvalue weighted by Crippen LogP contribution is -2.13. The molecule has 5 nitrogen and oxygen atoms in total. The number of aromatic nitrogens is 3. The lowest BCUT2D eigenvalue weighted by Gasteiger charge is -2.09. The smallest absolute Gasteiger partial charge is 0.219 e. The van der Waals surface area contributed by atoms with Gasteiger partial charge in [0.2, 0.25) is 5.88 Å². The molecule has 0 spiro atoms. The lowest BCUT2D eigenvalue weighted by molar-refractivity contribution is 0.461. The van der Waals surface area contributed by atoms with E-state index in [2.05, 4.69) is 42.2 Å². The van der Waals surface area contributed by atoms with Crippen LogP contribution in [-0.4, -0.2) is 14.8 Å². The van der Waals surface area contributed by atoms with Crippen LogP contribution in [0.5, 0.6) is 11.6 Å². The first-order valence-electron chi connectivity index (χ1n) is 8.41. The van der Waals surface area contributed by atoms with E-state index in [1.807, 2.05) is 42.2 Å². The maximum atomic E-state index is 5.89. The Hall–Kier alpha value is -2.66. The molecule has 3 rings (SSSR count). The first-order valence-corrected chi connectivity index (χ1v) is 8.41. The summed E-state index contributed by atoms with van der Waals surface area (Å²) in [7, 11) is 1.96. The highest BCUT2D eigenvalue weighted by molar-refractivity contribution is 5.36. The maximum absolute atomic E-state index is 5.89. The molecule has 0 saturated heterocycles. The summed E-state index contributed by atoms with van der Waals surface area (Å²) < 4.78 is 7.78. The Balaban J connectivity index is 1.61. The molecule has 0 unspecified atom stereocenters. The van der Waals surface area contributed by atoms with Crippen LogP contribution in [0.25, 0.3) is 0 Å². The summed E-state index contributed by atoms with van der Waals surface area (Å²) in [5.74, 6) is 1.42. The molecule has 0 aliphatic carbocycles. The van der Waals surface area contributed by atoms with E-state index in [-0.39, 0.29) is 0 Å². The van der Waals surface area contributed by atoms with Crippen LogP contribution in [0.3, 0.4) is 0 Å². The fraction of sp³-hybridized carbons (Fsp3) is 0.300. The van der Waals surface area contributed by atoms with E-state index in [0.29, 0.717) is 5.88 Å². The van der Waals surface area contributed by atoms with Crippen LogP contribution in [-0.2, 0) is 20.1 Å². The van der Waals surface area contributed by atoms with Gasteiger partial charge in [0, 0.05) is 43.7 Å². The zero-order chi connectivity index (χ0) is 17.8. The summed E-state index contributed by atoms with van der Waals surface area (Å²) in [6.07, 6.45) is 3.69. The molecule has 0 bridgehead atoms. The Bertz CT molecular complexity index is 870. The number of hydrogen-bond acceptors (Lipinski definition) is 4. The molecule has 5 heteroatoms. The van der Waals surface area contributed by atoms with Crippen molar-refractivity contribution in [3.05, 3.63) is 70.7 Å². The van der Waals surface area contributed by atoms with Crippen LogP contribution in [0.1, 0.15) is 27.9 Å². The number of nitrogens with one attached hydrogen (secondary N) is 1. The summed E-state index contributed by atoms with van der Waals surface area (Å²) >= 11 is 0. The van der Waals surface area contributed by atoms with Gasteiger partial charge in [0.05, 0.1) is 6.20 Å². The number of pyridine rings is 1. The number of aryl methyl sites for hydroxylation is 3. The molecule has 0 radical (unpaired) electrons. The van der Waals surface area contributed by atoms with Crippen LogP contribution >= 0.6 is 0 Å². The van der Waals surface area contributed by atoms with Crippen LogP contribution in [0.15, 0.2) is 42.7 Å². The second-order valence-corrected chi connectivity index (χ2v) is 6.33. The fourth-order valence-corrected chi connectivity index (χ4v) is 2.57. The van der Waals surface area contributed by atoms with Gasteiger partial charge in [-0.05, 0) is 55.7 Å². The van der Waals surface area contributed by atoms with Gasteiger partial charge in [0.15, 0.2) is 0 Å². The SMILES string of the molecule is Cc1ccc(Oc2cc(CNCc3cnn(C)c3C)ccn2)cc1C. The van der Waals surface area contributed by atoms with Crippen molar-refractivity contribution in [2.24, 2.45) is 7.05 Å². The lowest BCUT2D eigenvalue weighted by atomic mass is 10.1. The third kappa shape index (κ3) is 4.25. The van der Waals surface area contributed by atoms with Gasteiger partial charge in [-0.3, -0.25) is 4.68 Å². The van der Waals surface area contributed by atoms with Gasteiger partial charge in [-0.15, -0.1) is 0 Å². The minimum atomic E-state index is 0.611. The van der Waals surface area contributed by atoms with Crippen molar-refractivity contribution in [1.29, 1.82) is 0 Å². The van der Waals surface area contributed by atoms with Gasteiger partial charge in [-0.2, -0.15) is 5.10 Å². The van der Waals surface area contributed by atoms with E-state index < -0.39 is 0 Å². The Morgan fingerprint density at radius 3 is 2.60 bits per heavy atom. The molecule has 0 atom stereocenters. The molecule has 0 saturated carbocycles. The molecule has 3 aromatic rings. The molecule has 2 aromatic heterocycles. The van der Waals surface area contributed by atoms with Crippen molar-refractivity contribution in [1.82, 2.24) is 20.1 Å². The van der Waals surface area contributed by atoms with Crippen molar-refractivity contribution in [2.45, 2.75) is 33.9 Å². The van der Waals surface area contributed by atoms with Gasteiger partial charge < -0.3 is 10.1 Å². The number of hydrogen-bond donors (Lipinski definition) is 1. The van der Waals surface area contributed by atoms with Crippen molar-refractivity contribution in [2.75, 3.05) is 0 Å². The van der Waals surface area contributed by atoms with Gasteiger partial charge in [-0.1, -0.05) is 6.07 Å². The highest BCUT2D eigenvalue weighted by atomic mass is 16.5. The normalized spacial score (nSPS) is 10.9. The average molecular weight is 336 g/mol. The van der Waals surface area contributed by atoms with Gasteiger partial charge in [-0.25, -0.2) is 4.98 Å². The molecule has 1 N–H and O–H groups in total. The quantitative estimate of drug-likeness (QED) is 0.743. The second kappa shape index (κ2) is 7.49. The highest BCUT2D eigenvalue weighted by Gasteiger charge is 2.05. The van der Waals surface area contributed by atoms with Crippen LogP contribution in [0, 0.1) is 20.8 Å². The van der Waals surface area contributed by atoms with Crippen molar-refractivity contribution in [3.63, 3.8) is 0 Å². The molecule has 2 heterocycles. The van der Waals surface area contributed by atoms with Crippen molar-refractivity contribution < 1.29 is 4.74 Å². The van der Waals surface area contributed by atoms with Crippen LogP contribution in [0.4, 0.5) is 0 Å². The van der Waals surface area contributed by atoms with Gasteiger partial charge in [0.1, 0.15) is 5.75 Å². The van der Waals surface area contributed by atoms with E-state index in [4.69, 9.17) is 4.74 Å². The van der Waals surface area contributed by atoms with Gasteiger partial charge >= 0.3 is 0 Å². The topological polar surface area (TPSA) is 52.0 Å². The third-order valence-electron chi connectivity index (χ3n) is 4.48. The Morgan fingerprint density at radius 1 is 1.04 bits per heavy atom. The van der Waals surface area contributed by atoms with E-state index in [1.54, 1.807) is 6.20 Å². The Morgan fingerprint density at radius 2 is 1.88 bits per heavy atom. The van der Waals surface area contributed by atoms with Crippen LogP contribution in [0.2, 0.25) is 0 Å². The molecular formula is C20H24N4O. The summed E-state index contributed by atoms with van der Waals surface area (Å²) in [4.78, 5) is 4.31. The van der Waals surface area contributed by atoms with Gasteiger partial charge in [0.25, 0.3) is 0 Å². The average Bonchev–Trinajstić information content (AvgIpc) is 2.91. The number of nitrogens with zero attached hydrogens (tertiary/aromatic N) is 3. The molecule has 0 aliphatic heterocycles. The highest BCUT2D eigenvalue weighted by Crippen LogP contribution is 2.22. The first kappa shape index (κ1) is 17.2. The zero-order valence-electron chi connectivity index (χ0n) is 15.2. The first-order chi connectivity index (χ1) is 12.0. The summed E-state index contributed by atoms with van der Waals surface area (Å²) in [6.45, 7) is 7.78. The molecule has 130 valence electrons. The van der Waals surface area contributed by atoms with E-state index in [9.17, 15) is 0 Å². The van der Waals surface area contributed by atoms with E-state index in [1.165, 1.54) is 22.4 Å².